The van der Waals surface area contributed by atoms with E-state index in [9.17, 15) is 0 Å². The molecule has 0 amide bonds. The van der Waals surface area contributed by atoms with Crippen LogP contribution in [0.4, 0.5) is 0 Å². The summed E-state index contributed by atoms with van der Waals surface area (Å²) in [6.07, 6.45) is 9.65. The SMILES string of the molecule is CC(C)(C)C1CCC(C(NN)C2=CCCCO2)CC1. The van der Waals surface area contributed by atoms with Crippen molar-refractivity contribution >= 4 is 0 Å². The zero-order valence-corrected chi connectivity index (χ0v) is 12.7. The van der Waals surface area contributed by atoms with Gasteiger partial charge in [0.2, 0.25) is 0 Å². The molecule has 3 nitrogen and oxygen atoms in total. The van der Waals surface area contributed by atoms with Crippen molar-refractivity contribution in [2.24, 2.45) is 23.1 Å². The molecule has 1 unspecified atom stereocenters. The molecule has 19 heavy (non-hydrogen) atoms. The third kappa shape index (κ3) is 3.73. The molecule has 1 aliphatic heterocycles. The Hall–Kier alpha value is -0.540. The maximum atomic E-state index is 5.80. The van der Waals surface area contributed by atoms with Gasteiger partial charge in [-0.25, -0.2) is 5.43 Å². The lowest BCUT2D eigenvalue weighted by atomic mass is 9.68. The van der Waals surface area contributed by atoms with Gasteiger partial charge in [-0.3, -0.25) is 5.84 Å². The highest BCUT2D eigenvalue weighted by molar-refractivity contribution is 5.08. The van der Waals surface area contributed by atoms with Gasteiger partial charge in [0.25, 0.3) is 0 Å². The second-order valence-corrected chi connectivity index (χ2v) is 7.22. The normalized spacial score (nSPS) is 30.4. The fourth-order valence-corrected chi connectivity index (χ4v) is 3.56. The van der Waals surface area contributed by atoms with Gasteiger partial charge in [-0.15, -0.1) is 0 Å². The third-order valence-corrected chi connectivity index (χ3v) is 4.92. The van der Waals surface area contributed by atoms with E-state index in [-0.39, 0.29) is 6.04 Å². The molecule has 1 fully saturated rings. The number of hydrazine groups is 1. The monoisotopic (exact) mass is 266 g/mol. The fraction of sp³-hybridized carbons (Fsp3) is 0.875. The first kappa shape index (κ1) is 14.9. The molecular weight excluding hydrogens is 236 g/mol. The van der Waals surface area contributed by atoms with E-state index in [0.29, 0.717) is 11.3 Å². The van der Waals surface area contributed by atoms with Gasteiger partial charge >= 0.3 is 0 Å². The Morgan fingerprint density at radius 3 is 2.42 bits per heavy atom. The van der Waals surface area contributed by atoms with E-state index in [1.54, 1.807) is 0 Å². The Labute approximate surface area is 117 Å². The van der Waals surface area contributed by atoms with Crippen LogP contribution in [0.5, 0.6) is 0 Å². The third-order valence-electron chi connectivity index (χ3n) is 4.92. The van der Waals surface area contributed by atoms with Crippen molar-refractivity contribution in [2.75, 3.05) is 6.61 Å². The minimum absolute atomic E-state index is 0.223. The lowest BCUT2D eigenvalue weighted by molar-refractivity contribution is 0.106. The molecule has 0 aromatic rings. The van der Waals surface area contributed by atoms with Gasteiger partial charge in [-0.05, 0) is 61.9 Å². The quantitative estimate of drug-likeness (QED) is 0.608. The van der Waals surface area contributed by atoms with Gasteiger partial charge in [-0.1, -0.05) is 20.8 Å². The molecule has 0 aromatic carbocycles. The molecular formula is C16H30N2O. The minimum atomic E-state index is 0.223. The predicted octanol–water partition coefficient (Wildman–Crippen LogP) is 3.37. The Kier molecular flexibility index (Phi) is 4.91. The summed E-state index contributed by atoms with van der Waals surface area (Å²) < 4.78 is 5.80. The van der Waals surface area contributed by atoms with Crippen LogP contribution in [-0.2, 0) is 4.74 Å². The van der Waals surface area contributed by atoms with Gasteiger partial charge < -0.3 is 4.74 Å². The number of allylic oxidation sites excluding steroid dienone is 1. The number of hydrogen-bond donors (Lipinski definition) is 2. The molecule has 2 rings (SSSR count). The van der Waals surface area contributed by atoms with E-state index in [1.165, 1.54) is 25.7 Å². The van der Waals surface area contributed by atoms with E-state index in [1.807, 2.05) is 0 Å². The fourth-order valence-electron chi connectivity index (χ4n) is 3.56. The van der Waals surface area contributed by atoms with Gasteiger partial charge in [0.05, 0.1) is 12.6 Å². The second kappa shape index (κ2) is 6.27. The van der Waals surface area contributed by atoms with Gasteiger partial charge in [0.15, 0.2) is 0 Å². The molecule has 3 N–H and O–H groups in total. The summed E-state index contributed by atoms with van der Waals surface area (Å²) in [6.45, 7) is 7.94. The van der Waals surface area contributed by atoms with Crippen molar-refractivity contribution in [2.45, 2.75) is 65.3 Å². The average molecular weight is 266 g/mol. The van der Waals surface area contributed by atoms with Crippen LogP contribution < -0.4 is 11.3 Å². The van der Waals surface area contributed by atoms with Crippen LogP contribution >= 0.6 is 0 Å². The second-order valence-electron chi connectivity index (χ2n) is 7.22. The molecule has 0 radical (unpaired) electrons. The van der Waals surface area contributed by atoms with Crippen molar-refractivity contribution in [3.05, 3.63) is 11.8 Å². The van der Waals surface area contributed by atoms with E-state index < -0.39 is 0 Å². The summed E-state index contributed by atoms with van der Waals surface area (Å²) in [5.74, 6) is 8.36. The minimum Gasteiger partial charge on any atom is -0.497 e. The molecule has 1 aliphatic carbocycles. The summed E-state index contributed by atoms with van der Waals surface area (Å²) >= 11 is 0. The molecule has 110 valence electrons. The highest BCUT2D eigenvalue weighted by Gasteiger charge is 2.34. The van der Waals surface area contributed by atoms with Crippen LogP contribution in [0.15, 0.2) is 11.8 Å². The zero-order chi connectivity index (χ0) is 13.9. The van der Waals surface area contributed by atoms with Crippen molar-refractivity contribution in [3.8, 4) is 0 Å². The Balaban J connectivity index is 1.93. The van der Waals surface area contributed by atoms with E-state index in [0.717, 1.165) is 31.1 Å². The van der Waals surface area contributed by atoms with E-state index >= 15 is 0 Å². The number of ether oxygens (including phenoxy) is 1. The van der Waals surface area contributed by atoms with Gasteiger partial charge in [-0.2, -0.15) is 0 Å². The van der Waals surface area contributed by atoms with Crippen LogP contribution in [0.2, 0.25) is 0 Å². The van der Waals surface area contributed by atoms with Crippen LogP contribution in [0.3, 0.4) is 0 Å². The highest BCUT2D eigenvalue weighted by Crippen LogP contribution is 2.41. The highest BCUT2D eigenvalue weighted by atomic mass is 16.5. The topological polar surface area (TPSA) is 47.3 Å². The first-order valence-electron chi connectivity index (χ1n) is 7.81. The van der Waals surface area contributed by atoms with Crippen LogP contribution in [0, 0.1) is 17.3 Å². The van der Waals surface area contributed by atoms with Crippen molar-refractivity contribution in [1.82, 2.24) is 5.43 Å². The predicted molar refractivity (Wildman–Crippen MR) is 79.3 cm³/mol. The summed E-state index contributed by atoms with van der Waals surface area (Å²) in [6, 6.07) is 0.223. The Bertz CT molecular complexity index is 311. The summed E-state index contributed by atoms with van der Waals surface area (Å²) in [5, 5.41) is 0. The van der Waals surface area contributed by atoms with Crippen molar-refractivity contribution in [1.29, 1.82) is 0 Å². The summed E-state index contributed by atoms with van der Waals surface area (Å²) in [5.41, 5.74) is 3.44. The van der Waals surface area contributed by atoms with Crippen LogP contribution in [0.25, 0.3) is 0 Å². The first-order chi connectivity index (χ1) is 9.02. The average Bonchev–Trinajstić information content (AvgIpc) is 2.40. The van der Waals surface area contributed by atoms with E-state index in [2.05, 4.69) is 32.3 Å². The molecule has 1 saturated carbocycles. The molecule has 2 aliphatic rings. The molecule has 0 spiro atoms. The van der Waals surface area contributed by atoms with E-state index in [4.69, 9.17) is 10.6 Å². The van der Waals surface area contributed by atoms with Crippen LogP contribution in [-0.4, -0.2) is 12.6 Å². The first-order valence-corrected chi connectivity index (χ1v) is 7.81. The van der Waals surface area contributed by atoms with Crippen molar-refractivity contribution < 1.29 is 4.74 Å². The molecule has 3 heteroatoms. The lowest BCUT2D eigenvalue weighted by Gasteiger charge is -2.40. The molecule has 1 atom stereocenters. The number of nitrogens with one attached hydrogen (secondary N) is 1. The lowest BCUT2D eigenvalue weighted by Crippen LogP contribution is -2.45. The molecule has 0 saturated heterocycles. The Morgan fingerprint density at radius 2 is 1.95 bits per heavy atom. The smallest absolute Gasteiger partial charge is 0.111 e. The maximum Gasteiger partial charge on any atom is 0.111 e. The maximum absolute atomic E-state index is 5.80. The summed E-state index contributed by atoms with van der Waals surface area (Å²) in [7, 11) is 0. The van der Waals surface area contributed by atoms with Crippen LogP contribution in [0.1, 0.15) is 59.3 Å². The van der Waals surface area contributed by atoms with Gasteiger partial charge in [0, 0.05) is 0 Å². The Morgan fingerprint density at radius 1 is 1.26 bits per heavy atom. The zero-order valence-electron chi connectivity index (χ0n) is 12.7. The number of hydrogen-bond acceptors (Lipinski definition) is 3. The summed E-state index contributed by atoms with van der Waals surface area (Å²) in [4.78, 5) is 0. The molecule has 0 aromatic heterocycles. The largest absolute Gasteiger partial charge is 0.497 e. The molecule has 1 heterocycles. The standard InChI is InChI=1S/C16H30N2O/c1-16(2,3)13-9-7-12(8-10-13)15(18-17)14-6-4-5-11-19-14/h6,12-13,15,18H,4-5,7-11,17H2,1-3H3. The number of rotatable bonds is 3. The van der Waals surface area contributed by atoms with Gasteiger partial charge in [0.1, 0.15) is 5.76 Å². The molecule has 0 bridgehead atoms. The number of nitrogens with two attached hydrogens (primary N) is 1. The van der Waals surface area contributed by atoms with Crippen molar-refractivity contribution in [3.63, 3.8) is 0 Å².